The molecule has 0 saturated heterocycles. The summed E-state index contributed by atoms with van der Waals surface area (Å²) in [4.78, 5) is 12.5. The van der Waals surface area contributed by atoms with Crippen LogP contribution < -0.4 is 5.32 Å². The van der Waals surface area contributed by atoms with E-state index in [0.717, 1.165) is 0 Å². The zero-order chi connectivity index (χ0) is 16.7. The minimum Gasteiger partial charge on any atom is -0.350 e. The third-order valence-corrected chi connectivity index (χ3v) is 4.01. The van der Waals surface area contributed by atoms with E-state index in [-0.39, 0.29) is 16.5 Å². The van der Waals surface area contributed by atoms with E-state index >= 15 is 0 Å². The first-order valence-electron chi connectivity index (χ1n) is 6.88. The lowest BCUT2D eigenvalue weighted by atomic mass is 10.1. The van der Waals surface area contributed by atoms with Crippen LogP contribution in [0.4, 0.5) is 14.5 Å². The second kappa shape index (κ2) is 5.66. The molecule has 1 N–H and O–H groups in total. The van der Waals surface area contributed by atoms with E-state index in [1.54, 1.807) is 24.7 Å². The Bertz CT molecular complexity index is 934. The Morgan fingerprint density at radius 1 is 1.22 bits per heavy atom. The minimum absolute atomic E-state index is 0.193. The van der Waals surface area contributed by atoms with Crippen LogP contribution in [0.3, 0.4) is 0 Å². The highest BCUT2D eigenvalue weighted by molar-refractivity contribution is 6.34. The highest BCUT2D eigenvalue weighted by atomic mass is 35.5. The van der Waals surface area contributed by atoms with Crippen molar-refractivity contribution >= 4 is 34.1 Å². The zero-order valence-corrected chi connectivity index (χ0v) is 13.2. The van der Waals surface area contributed by atoms with Crippen LogP contribution in [0.5, 0.6) is 0 Å². The number of rotatable bonds is 2. The predicted molar refractivity (Wildman–Crippen MR) is 87.0 cm³/mol. The summed E-state index contributed by atoms with van der Waals surface area (Å²) in [6.07, 6.45) is 1.60. The molecule has 1 heterocycles. The molecule has 0 unspecified atom stereocenters. The molecule has 0 aliphatic heterocycles. The Morgan fingerprint density at radius 3 is 2.70 bits per heavy atom. The maximum absolute atomic E-state index is 13.7. The fourth-order valence-electron chi connectivity index (χ4n) is 2.47. The maximum atomic E-state index is 13.7. The number of benzene rings is 2. The number of aryl methyl sites for hydroxylation is 2. The normalized spacial score (nSPS) is 11.0. The Morgan fingerprint density at radius 2 is 1.96 bits per heavy atom. The van der Waals surface area contributed by atoms with Crippen LogP contribution in [0.15, 0.2) is 36.5 Å². The van der Waals surface area contributed by atoms with Gasteiger partial charge in [0.25, 0.3) is 5.91 Å². The number of aromatic nitrogens is 1. The van der Waals surface area contributed by atoms with Crippen LogP contribution in [0, 0.1) is 18.6 Å². The van der Waals surface area contributed by atoms with Gasteiger partial charge in [0.05, 0.1) is 21.8 Å². The largest absolute Gasteiger partial charge is 0.350 e. The van der Waals surface area contributed by atoms with Crippen molar-refractivity contribution in [2.24, 2.45) is 7.05 Å². The minimum atomic E-state index is -0.454. The molecule has 1 amide bonds. The van der Waals surface area contributed by atoms with E-state index in [9.17, 15) is 13.6 Å². The van der Waals surface area contributed by atoms with Crippen LogP contribution in [0.25, 0.3) is 10.9 Å². The number of nitrogens with zero attached hydrogens (tertiary/aromatic N) is 1. The number of hydrogen-bond acceptors (Lipinski definition) is 1. The van der Waals surface area contributed by atoms with E-state index in [1.807, 2.05) is 0 Å². The van der Waals surface area contributed by atoms with Gasteiger partial charge in [-0.2, -0.15) is 0 Å². The molecule has 0 atom stereocenters. The van der Waals surface area contributed by atoms with Gasteiger partial charge in [0.2, 0.25) is 0 Å². The molecule has 118 valence electrons. The number of hydrogen-bond donors (Lipinski definition) is 1. The molecule has 0 spiro atoms. The topological polar surface area (TPSA) is 34.0 Å². The van der Waals surface area contributed by atoms with Gasteiger partial charge in [0.1, 0.15) is 11.6 Å². The second-order valence-corrected chi connectivity index (χ2v) is 5.76. The molecule has 0 aliphatic carbocycles. The van der Waals surface area contributed by atoms with E-state index in [4.69, 9.17) is 11.6 Å². The fourth-order valence-corrected chi connectivity index (χ4v) is 2.74. The van der Waals surface area contributed by atoms with Crippen LogP contribution >= 0.6 is 11.6 Å². The summed E-state index contributed by atoms with van der Waals surface area (Å²) in [5, 5.41) is 3.46. The first-order chi connectivity index (χ1) is 10.9. The van der Waals surface area contributed by atoms with Crippen molar-refractivity contribution in [3.63, 3.8) is 0 Å². The maximum Gasteiger partial charge on any atom is 0.257 e. The zero-order valence-electron chi connectivity index (χ0n) is 12.5. The molecule has 0 radical (unpaired) electrons. The number of halogens is 3. The molecule has 2 aromatic carbocycles. The fraction of sp³-hybridized carbons (Fsp3) is 0.118. The SMILES string of the molecule is Cc1cc(Cl)c(NC(=O)c2cn(C)c3cc(F)ccc23)cc1F. The first-order valence-corrected chi connectivity index (χ1v) is 7.26. The van der Waals surface area contributed by atoms with Gasteiger partial charge < -0.3 is 9.88 Å². The van der Waals surface area contributed by atoms with Crippen LogP contribution in [-0.4, -0.2) is 10.5 Å². The third-order valence-electron chi connectivity index (χ3n) is 3.69. The summed E-state index contributed by atoms with van der Waals surface area (Å²) < 4.78 is 28.7. The first kappa shape index (κ1) is 15.5. The molecular formula is C17H13ClF2N2O. The predicted octanol–water partition coefficient (Wildman–Crippen LogP) is 4.67. The molecule has 0 bridgehead atoms. The number of anilines is 1. The molecule has 3 aromatic rings. The molecule has 0 saturated carbocycles. The van der Waals surface area contributed by atoms with Crippen LogP contribution in [0.1, 0.15) is 15.9 Å². The van der Waals surface area contributed by atoms with Gasteiger partial charge in [-0.1, -0.05) is 11.6 Å². The number of fused-ring (bicyclic) bond motifs is 1. The van der Waals surface area contributed by atoms with Gasteiger partial charge in [-0.3, -0.25) is 4.79 Å². The van der Waals surface area contributed by atoms with Crippen molar-refractivity contribution in [3.8, 4) is 0 Å². The second-order valence-electron chi connectivity index (χ2n) is 5.35. The van der Waals surface area contributed by atoms with Crippen molar-refractivity contribution in [2.75, 3.05) is 5.32 Å². The third kappa shape index (κ3) is 2.80. The molecule has 0 aliphatic rings. The standard InChI is InChI=1S/C17H13ClF2N2O/c1-9-5-13(18)15(7-14(9)20)21-17(23)12-8-22(2)16-6-10(19)3-4-11(12)16/h3-8H,1-2H3,(H,21,23). The van der Waals surface area contributed by atoms with Crippen molar-refractivity contribution in [1.82, 2.24) is 4.57 Å². The molecular weight excluding hydrogens is 322 g/mol. The Labute approximate surface area is 136 Å². The quantitative estimate of drug-likeness (QED) is 0.726. The lowest BCUT2D eigenvalue weighted by molar-refractivity contribution is 0.102. The molecule has 6 heteroatoms. The summed E-state index contributed by atoms with van der Waals surface area (Å²) in [6, 6.07) is 6.81. The molecule has 23 heavy (non-hydrogen) atoms. The van der Waals surface area contributed by atoms with Crippen LogP contribution in [-0.2, 0) is 7.05 Å². The van der Waals surface area contributed by atoms with Gasteiger partial charge in [0, 0.05) is 18.6 Å². The van der Waals surface area contributed by atoms with E-state index in [0.29, 0.717) is 22.0 Å². The summed E-state index contributed by atoms with van der Waals surface area (Å²) in [7, 11) is 1.72. The summed E-state index contributed by atoms with van der Waals surface area (Å²) in [5.41, 5.74) is 1.54. The van der Waals surface area contributed by atoms with Gasteiger partial charge in [-0.25, -0.2) is 8.78 Å². The van der Waals surface area contributed by atoms with Gasteiger partial charge in [-0.15, -0.1) is 0 Å². The monoisotopic (exact) mass is 334 g/mol. The van der Waals surface area contributed by atoms with Crippen LogP contribution in [0.2, 0.25) is 5.02 Å². The highest BCUT2D eigenvalue weighted by Gasteiger charge is 2.16. The molecule has 0 fully saturated rings. The number of carbonyl (C=O) groups is 1. The molecule has 1 aromatic heterocycles. The van der Waals surface area contributed by atoms with Gasteiger partial charge in [-0.05, 0) is 42.8 Å². The molecule has 3 rings (SSSR count). The Balaban J connectivity index is 2.00. The summed E-state index contributed by atoms with van der Waals surface area (Å²) >= 11 is 6.04. The van der Waals surface area contributed by atoms with Crippen molar-refractivity contribution < 1.29 is 13.6 Å². The van der Waals surface area contributed by atoms with Gasteiger partial charge in [0.15, 0.2) is 0 Å². The lowest BCUT2D eigenvalue weighted by Gasteiger charge is -2.08. The number of amides is 1. The van der Waals surface area contributed by atoms with Crippen molar-refractivity contribution in [3.05, 3.63) is 64.3 Å². The Kier molecular flexibility index (Phi) is 3.82. The summed E-state index contributed by atoms with van der Waals surface area (Å²) in [6.45, 7) is 1.59. The van der Waals surface area contributed by atoms with E-state index < -0.39 is 11.7 Å². The van der Waals surface area contributed by atoms with Crippen molar-refractivity contribution in [1.29, 1.82) is 0 Å². The Hall–Kier alpha value is -2.40. The summed E-state index contributed by atoms with van der Waals surface area (Å²) in [5.74, 6) is -1.27. The number of carbonyl (C=O) groups excluding carboxylic acids is 1. The smallest absolute Gasteiger partial charge is 0.257 e. The van der Waals surface area contributed by atoms with Crippen molar-refractivity contribution in [2.45, 2.75) is 6.92 Å². The van der Waals surface area contributed by atoms with E-state index in [2.05, 4.69) is 5.32 Å². The average molecular weight is 335 g/mol. The molecule has 3 nitrogen and oxygen atoms in total. The van der Waals surface area contributed by atoms with Gasteiger partial charge >= 0.3 is 0 Å². The number of nitrogens with one attached hydrogen (secondary N) is 1. The van der Waals surface area contributed by atoms with E-state index in [1.165, 1.54) is 30.3 Å². The highest BCUT2D eigenvalue weighted by Crippen LogP contribution is 2.27. The average Bonchev–Trinajstić information content (AvgIpc) is 2.81. The lowest BCUT2D eigenvalue weighted by Crippen LogP contribution is -2.12.